The highest BCUT2D eigenvalue weighted by Crippen LogP contribution is 1.56. The molecule has 0 radical (unpaired) electrons. The van der Waals surface area contributed by atoms with Crippen LogP contribution in [0.4, 0.5) is 0 Å². The van der Waals surface area contributed by atoms with Crippen molar-refractivity contribution in [1.29, 1.82) is 0 Å². The number of carboxylic acids is 2. The average Bonchev–Trinajstić information content (AvgIpc) is 1.72. The molecular weight excluding hydrogens is 148 g/mol. The highest BCUT2D eigenvalue weighted by atomic mass is 16.4. The summed E-state index contributed by atoms with van der Waals surface area (Å²) >= 11 is 0. The molecule has 0 saturated carbocycles. The monoisotopic (exact) mass is 158 g/mol. The minimum Gasteiger partial charge on any atom is -0.473 e. The van der Waals surface area contributed by atoms with Gasteiger partial charge < -0.3 is 21.2 Å². The van der Waals surface area contributed by atoms with E-state index in [4.69, 9.17) is 19.8 Å². The zero-order valence-corrected chi connectivity index (χ0v) is 4.87. The van der Waals surface area contributed by atoms with E-state index < -0.39 is 11.9 Å². The zero-order valence-electron chi connectivity index (χ0n) is 4.87. The van der Waals surface area contributed by atoms with E-state index in [-0.39, 0.29) is 11.0 Å². The molecule has 8 heteroatoms. The van der Waals surface area contributed by atoms with Crippen LogP contribution in [0, 0.1) is 0 Å². The molecule has 0 atom stereocenters. The molecule has 0 rings (SSSR count). The van der Waals surface area contributed by atoms with Gasteiger partial charge in [0, 0.05) is 0 Å². The number of hydrogen-bond donors (Lipinski definition) is 4. The molecule has 0 amide bonds. The number of nitrogens with two attached hydrogens (primary N) is 2. The van der Waals surface area contributed by atoms with Crippen molar-refractivity contribution < 1.29 is 30.8 Å². The first kappa shape index (κ1) is 23.3. The van der Waals surface area contributed by atoms with Gasteiger partial charge in [-0.25, -0.2) is 9.59 Å². The van der Waals surface area contributed by atoms with Crippen LogP contribution in [-0.4, -0.2) is 33.1 Å². The van der Waals surface area contributed by atoms with Gasteiger partial charge in [0.05, 0.1) is 0 Å². The fourth-order valence-electron chi connectivity index (χ4n) is 0. The number of aliphatic carboxylic acids is 2. The third kappa shape index (κ3) is 29.3. The van der Waals surface area contributed by atoms with Gasteiger partial charge in [0.25, 0.3) is 0 Å². The maximum Gasteiger partial charge on any atom is 0.414 e. The molecule has 0 bridgehead atoms. The fraction of sp³-hybridized carbons (Fsp3) is 0. The summed E-state index contributed by atoms with van der Waals surface area (Å²) in [5.41, 5.74) is 0. The molecule has 0 heterocycles. The second-order valence-electron chi connectivity index (χ2n) is 0.610. The molecule has 10 N–H and O–H groups in total. The largest absolute Gasteiger partial charge is 0.473 e. The van der Waals surface area contributed by atoms with Crippen molar-refractivity contribution in [3.8, 4) is 0 Å². The Hall–Kier alpha value is -1.22. The van der Waals surface area contributed by atoms with Crippen LogP contribution in [0.15, 0.2) is 0 Å². The SMILES string of the molecule is NN.O.O.O=C(O)C(=O)O. The van der Waals surface area contributed by atoms with Crippen LogP contribution in [-0.2, 0) is 9.59 Å². The summed E-state index contributed by atoms with van der Waals surface area (Å²) in [4.78, 5) is 18.2. The average molecular weight is 158 g/mol. The Morgan fingerprint density at radius 2 is 1.00 bits per heavy atom. The molecule has 0 fully saturated rings. The lowest BCUT2D eigenvalue weighted by Crippen LogP contribution is -2.09. The Morgan fingerprint density at radius 1 is 0.900 bits per heavy atom. The number of carbonyl (C=O) groups is 2. The summed E-state index contributed by atoms with van der Waals surface area (Å²) in [7, 11) is 0. The first-order chi connectivity index (χ1) is 3.64. The van der Waals surface area contributed by atoms with E-state index in [0.717, 1.165) is 0 Å². The summed E-state index contributed by atoms with van der Waals surface area (Å²) in [5.74, 6) is 4.35. The van der Waals surface area contributed by atoms with Crippen molar-refractivity contribution in [2.24, 2.45) is 11.7 Å². The van der Waals surface area contributed by atoms with Gasteiger partial charge in [-0.3, -0.25) is 11.7 Å². The highest BCUT2D eigenvalue weighted by molar-refractivity contribution is 6.27. The lowest BCUT2D eigenvalue weighted by atomic mass is 10.7. The molecule has 0 aromatic rings. The molecule has 10 heavy (non-hydrogen) atoms. The van der Waals surface area contributed by atoms with Crippen LogP contribution < -0.4 is 11.7 Å². The molecule has 64 valence electrons. The van der Waals surface area contributed by atoms with Crippen LogP contribution in [0.5, 0.6) is 0 Å². The molecule has 0 aliphatic rings. The van der Waals surface area contributed by atoms with Crippen LogP contribution in [0.1, 0.15) is 0 Å². The van der Waals surface area contributed by atoms with E-state index in [1.165, 1.54) is 0 Å². The molecule has 0 unspecified atom stereocenters. The molecular formula is C2H10N2O6. The van der Waals surface area contributed by atoms with E-state index in [1.54, 1.807) is 0 Å². The van der Waals surface area contributed by atoms with Gasteiger partial charge in [-0.1, -0.05) is 0 Å². The zero-order chi connectivity index (χ0) is 7.15. The van der Waals surface area contributed by atoms with E-state index >= 15 is 0 Å². The van der Waals surface area contributed by atoms with Crippen LogP contribution in [0.25, 0.3) is 0 Å². The molecule has 0 saturated heterocycles. The maximum atomic E-state index is 9.10. The number of hydrogen-bond acceptors (Lipinski definition) is 4. The Kier molecular flexibility index (Phi) is 36.4. The number of rotatable bonds is 0. The smallest absolute Gasteiger partial charge is 0.414 e. The maximum absolute atomic E-state index is 9.10. The van der Waals surface area contributed by atoms with Crippen LogP contribution >= 0.6 is 0 Å². The van der Waals surface area contributed by atoms with E-state index in [2.05, 4.69) is 11.7 Å². The molecule has 8 nitrogen and oxygen atoms in total. The summed E-state index contributed by atoms with van der Waals surface area (Å²) in [6.07, 6.45) is 0. The Morgan fingerprint density at radius 3 is 1.00 bits per heavy atom. The highest BCUT2D eigenvalue weighted by Gasteiger charge is 2.04. The minimum atomic E-state index is -1.82. The molecule has 0 aliphatic heterocycles. The predicted molar refractivity (Wildman–Crippen MR) is 30.9 cm³/mol. The second kappa shape index (κ2) is 15.7. The summed E-state index contributed by atoms with van der Waals surface area (Å²) in [6.45, 7) is 0. The Bertz CT molecular complexity index is 79.7. The lowest BCUT2D eigenvalue weighted by Gasteiger charge is -1.72. The Labute approximate surface area is 55.6 Å². The van der Waals surface area contributed by atoms with Crippen molar-refractivity contribution in [3.05, 3.63) is 0 Å². The molecule has 0 aromatic carbocycles. The number of hydrazine groups is 1. The molecule has 0 aromatic heterocycles. The number of carboxylic acid groups (broad SMARTS) is 2. The van der Waals surface area contributed by atoms with Crippen molar-refractivity contribution in [2.75, 3.05) is 0 Å². The molecule has 0 spiro atoms. The standard InChI is InChI=1S/C2H2O4.H4N2.2H2O/c3-1(4)2(5)6;1-2;;/h(H,3,4)(H,5,6);1-2H2;2*1H2. The van der Waals surface area contributed by atoms with Crippen LogP contribution in [0.2, 0.25) is 0 Å². The minimum absolute atomic E-state index is 0. The topological polar surface area (TPSA) is 190 Å². The first-order valence-corrected chi connectivity index (χ1v) is 1.44. The van der Waals surface area contributed by atoms with Crippen molar-refractivity contribution in [1.82, 2.24) is 0 Å². The summed E-state index contributed by atoms with van der Waals surface area (Å²) in [6, 6.07) is 0. The predicted octanol–water partition coefficient (Wildman–Crippen LogP) is -3.67. The second-order valence-corrected chi connectivity index (χ2v) is 0.610. The van der Waals surface area contributed by atoms with Gasteiger partial charge in [0.1, 0.15) is 0 Å². The van der Waals surface area contributed by atoms with Gasteiger partial charge in [-0.15, -0.1) is 0 Å². The van der Waals surface area contributed by atoms with Crippen molar-refractivity contribution in [2.45, 2.75) is 0 Å². The first-order valence-electron chi connectivity index (χ1n) is 1.44. The lowest BCUT2D eigenvalue weighted by molar-refractivity contribution is -0.159. The Balaban J connectivity index is -0.0000000412. The van der Waals surface area contributed by atoms with E-state index in [1.807, 2.05) is 0 Å². The van der Waals surface area contributed by atoms with Gasteiger partial charge in [-0.05, 0) is 0 Å². The normalized spacial score (nSPS) is 5.00. The fourth-order valence-corrected chi connectivity index (χ4v) is 0. The van der Waals surface area contributed by atoms with Crippen molar-refractivity contribution >= 4 is 11.9 Å². The third-order valence-electron chi connectivity index (χ3n) is 0.183. The van der Waals surface area contributed by atoms with Crippen LogP contribution in [0.3, 0.4) is 0 Å². The summed E-state index contributed by atoms with van der Waals surface area (Å²) in [5, 5.41) is 14.8. The van der Waals surface area contributed by atoms with Crippen molar-refractivity contribution in [3.63, 3.8) is 0 Å². The summed E-state index contributed by atoms with van der Waals surface area (Å²) < 4.78 is 0. The van der Waals surface area contributed by atoms with Gasteiger partial charge in [-0.2, -0.15) is 0 Å². The van der Waals surface area contributed by atoms with Gasteiger partial charge in [0.2, 0.25) is 0 Å². The van der Waals surface area contributed by atoms with E-state index in [9.17, 15) is 0 Å². The molecule has 0 aliphatic carbocycles. The van der Waals surface area contributed by atoms with Gasteiger partial charge >= 0.3 is 11.9 Å². The van der Waals surface area contributed by atoms with E-state index in [0.29, 0.717) is 0 Å². The third-order valence-corrected chi connectivity index (χ3v) is 0.183. The quantitative estimate of drug-likeness (QED) is 0.159. The van der Waals surface area contributed by atoms with Gasteiger partial charge in [0.15, 0.2) is 0 Å².